The van der Waals surface area contributed by atoms with Crippen LogP contribution in [-0.4, -0.2) is 66.5 Å². The van der Waals surface area contributed by atoms with Gasteiger partial charge < -0.3 is 24.2 Å². The van der Waals surface area contributed by atoms with Crippen molar-refractivity contribution in [3.05, 3.63) is 85.1 Å². The molecule has 0 saturated carbocycles. The minimum absolute atomic E-state index is 0.0972. The Bertz CT molecular complexity index is 1700. The lowest BCUT2D eigenvalue weighted by atomic mass is 10.0. The van der Waals surface area contributed by atoms with Gasteiger partial charge in [-0.3, -0.25) is 23.4 Å². The standard InChI is InChI=1S/C70H123O11P/c1-4-7-10-13-16-19-22-25-28-31-33-36-38-41-44-47-50-53-56-59-68(72)77-63-67(81-70(74)61-58-55-52-49-46-43-40-37-34-32-29-26-23-20-17-14-11-8-5-2)65-79-82(75,76)78-64-66(62-71)80-69(73)60-57-54-51-48-45-42-39-35-30-27-24-21-18-15-12-9-6-3/h9,12,17-18,20-21,26-27,29-30,39,42,48,51,66-67,71H,4-8,10-11,13-16,19,22-25,28,31-38,40-41,43-47,49-50,52-65H2,1-3H3,(H,75,76)/b12-9-,20-17-,21-18-,29-26-,30-27-,42-39-,51-48-. The van der Waals surface area contributed by atoms with E-state index in [0.29, 0.717) is 25.7 Å². The minimum atomic E-state index is -4.77. The summed E-state index contributed by atoms with van der Waals surface area (Å²) in [6.45, 7) is 4.49. The molecule has 0 aliphatic carbocycles. The van der Waals surface area contributed by atoms with Crippen LogP contribution in [0.2, 0.25) is 0 Å². The summed E-state index contributed by atoms with van der Waals surface area (Å²) in [5.41, 5.74) is 0. The van der Waals surface area contributed by atoms with Crippen molar-refractivity contribution in [2.45, 2.75) is 315 Å². The van der Waals surface area contributed by atoms with Crippen LogP contribution < -0.4 is 0 Å². The summed E-state index contributed by atoms with van der Waals surface area (Å²) in [5.74, 6) is -1.52. The second-order valence-electron chi connectivity index (χ2n) is 22.3. The Morgan fingerprint density at radius 1 is 0.354 bits per heavy atom. The molecule has 0 aliphatic heterocycles. The molecule has 0 bridgehead atoms. The Morgan fingerprint density at radius 3 is 1.05 bits per heavy atom. The molecule has 0 aromatic rings. The van der Waals surface area contributed by atoms with Crippen molar-refractivity contribution in [2.24, 2.45) is 0 Å². The highest BCUT2D eigenvalue weighted by Crippen LogP contribution is 2.43. The Morgan fingerprint density at radius 2 is 0.646 bits per heavy atom. The molecule has 0 spiro atoms. The van der Waals surface area contributed by atoms with Crippen LogP contribution in [0.1, 0.15) is 303 Å². The van der Waals surface area contributed by atoms with Crippen LogP contribution in [0.15, 0.2) is 85.1 Å². The van der Waals surface area contributed by atoms with Crippen molar-refractivity contribution >= 4 is 25.7 Å². The Hall–Kier alpha value is -3.34. The maximum atomic E-state index is 13.0. The number of rotatable bonds is 62. The van der Waals surface area contributed by atoms with Gasteiger partial charge in [0.25, 0.3) is 0 Å². The molecule has 82 heavy (non-hydrogen) atoms. The predicted octanol–water partition coefficient (Wildman–Crippen LogP) is 20.6. The third kappa shape index (κ3) is 61.2. The van der Waals surface area contributed by atoms with Crippen LogP contribution >= 0.6 is 7.82 Å². The number of esters is 3. The fraction of sp³-hybridized carbons (Fsp3) is 0.757. The number of aliphatic hydroxyl groups is 1. The normalized spacial score (nSPS) is 13.8. The first-order valence-electron chi connectivity index (χ1n) is 33.5. The zero-order valence-corrected chi connectivity index (χ0v) is 53.6. The minimum Gasteiger partial charge on any atom is -0.462 e. The first kappa shape index (κ1) is 78.7. The van der Waals surface area contributed by atoms with E-state index in [2.05, 4.69) is 93.7 Å². The van der Waals surface area contributed by atoms with Gasteiger partial charge in [0.15, 0.2) is 6.10 Å². The molecule has 3 unspecified atom stereocenters. The molecular formula is C70H123O11P. The summed E-state index contributed by atoms with van der Waals surface area (Å²) < 4.78 is 39.7. The van der Waals surface area contributed by atoms with Crippen molar-refractivity contribution in [2.75, 3.05) is 26.4 Å². The number of hydrogen-bond acceptors (Lipinski definition) is 10. The van der Waals surface area contributed by atoms with Gasteiger partial charge in [0.2, 0.25) is 0 Å². The summed E-state index contributed by atoms with van der Waals surface area (Å²) in [5, 5.41) is 9.85. The van der Waals surface area contributed by atoms with Crippen LogP contribution in [0.3, 0.4) is 0 Å². The fourth-order valence-corrected chi connectivity index (χ4v) is 10.0. The zero-order valence-electron chi connectivity index (χ0n) is 52.7. The zero-order chi connectivity index (χ0) is 59.8. The number of carbonyl (C=O) groups excluding carboxylic acids is 3. The largest absolute Gasteiger partial charge is 0.472 e. The third-order valence-electron chi connectivity index (χ3n) is 14.3. The van der Waals surface area contributed by atoms with Gasteiger partial charge in [0.1, 0.15) is 12.7 Å². The van der Waals surface area contributed by atoms with Gasteiger partial charge in [-0.05, 0) is 89.9 Å². The number of allylic oxidation sites excluding steroid dienone is 14. The Kier molecular flexibility index (Phi) is 61.1. The van der Waals surface area contributed by atoms with E-state index < -0.39 is 57.8 Å². The van der Waals surface area contributed by atoms with Gasteiger partial charge in [0, 0.05) is 19.3 Å². The molecule has 0 aliphatic rings. The molecule has 0 rings (SSSR count). The van der Waals surface area contributed by atoms with Gasteiger partial charge in [0.05, 0.1) is 19.8 Å². The fourth-order valence-electron chi connectivity index (χ4n) is 9.25. The summed E-state index contributed by atoms with van der Waals surface area (Å²) >= 11 is 0. The molecule has 0 heterocycles. The number of ether oxygens (including phenoxy) is 3. The highest BCUT2D eigenvalue weighted by Gasteiger charge is 2.28. The molecule has 0 aromatic heterocycles. The lowest BCUT2D eigenvalue weighted by Gasteiger charge is -2.21. The molecule has 2 N–H and O–H groups in total. The number of carbonyl (C=O) groups is 3. The van der Waals surface area contributed by atoms with Crippen LogP contribution in [0.25, 0.3) is 0 Å². The van der Waals surface area contributed by atoms with E-state index in [0.717, 1.165) is 83.5 Å². The Balaban J connectivity index is 4.73. The number of unbranched alkanes of at least 4 members (excludes halogenated alkanes) is 31. The molecule has 3 atom stereocenters. The first-order valence-corrected chi connectivity index (χ1v) is 35.0. The van der Waals surface area contributed by atoms with Gasteiger partial charge in [-0.1, -0.05) is 279 Å². The molecule has 474 valence electrons. The summed E-state index contributed by atoms with van der Waals surface area (Å²) in [6, 6.07) is 0. The van der Waals surface area contributed by atoms with E-state index in [1.54, 1.807) is 0 Å². The van der Waals surface area contributed by atoms with Crippen LogP contribution in [0.5, 0.6) is 0 Å². The molecule has 0 saturated heterocycles. The average molecular weight is 1170 g/mol. The molecule has 0 radical (unpaired) electrons. The van der Waals surface area contributed by atoms with Crippen molar-refractivity contribution in [1.82, 2.24) is 0 Å². The molecular weight excluding hydrogens is 1050 g/mol. The molecule has 12 heteroatoms. The van der Waals surface area contributed by atoms with Crippen molar-refractivity contribution in [3.63, 3.8) is 0 Å². The van der Waals surface area contributed by atoms with Crippen LogP contribution in [0.4, 0.5) is 0 Å². The summed E-state index contributed by atoms with van der Waals surface area (Å²) in [6.07, 6.45) is 75.4. The van der Waals surface area contributed by atoms with Crippen molar-refractivity contribution < 1.29 is 52.2 Å². The molecule has 0 aromatic carbocycles. The monoisotopic (exact) mass is 1170 g/mol. The smallest absolute Gasteiger partial charge is 0.462 e. The maximum absolute atomic E-state index is 13.0. The summed E-state index contributed by atoms with van der Waals surface area (Å²) in [4.78, 5) is 48.8. The van der Waals surface area contributed by atoms with Gasteiger partial charge in [-0.2, -0.15) is 0 Å². The Labute approximate surface area is 502 Å². The van der Waals surface area contributed by atoms with Crippen molar-refractivity contribution in [1.29, 1.82) is 0 Å². The number of hydrogen-bond donors (Lipinski definition) is 2. The molecule has 0 amide bonds. The quantitative estimate of drug-likeness (QED) is 0.0197. The highest BCUT2D eigenvalue weighted by atomic mass is 31.2. The number of aliphatic hydroxyl groups excluding tert-OH is 1. The molecule has 0 fully saturated rings. The van der Waals surface area contributed by atoms with E-state index in [1.165, 1.54) is 154 Å². The second kappa shape index (κ2) is 63.7. The number of phosphoric ester groups is 1. The second-order valence-corrected chi connectivity index (χ2v) is 23.7. The van der Waals surface area contributed by atoms with E-state index >= 15 is 0 Å². The first-order chi connectivity index (χ1) is 40.2. The van der Waals surface area contributed by atoms with Crippen LogP contribution in [0, 0.1) is 0 Å². The van der Waals surface area contributed by atoms with Crippen molar-refractivity contribution in [3.8, 4) is 0 Å². The number of phosphoric acid groups is 1. The van der Waals surface area contributed by atoms with Crippen LogP contribution in [-0.2, 0) is 42.2 Å². The lowest BCUT2D eigenvalue weighted by Crippen LogP contribution is -2.30. The van der Waals surface area contributed by atoms with E-state index in [9.17, 15) is 28.9 Å². The highest BCUT2D eigenvalue weighted by molar-refractivity contribution is 7.47. The van der Waals surface area contributed by atoms with Gasteiger partial charge in [-0.25, -0.2) is 4.57 Å². The van der Waals surface area contributed by atoms with Gasteiger partial charge in [-0.15, -0.1) is 0 Å². The lowest BCUT2D eigenvalue weighted by molar-refractivity contribution is -0.161. The summed E-state index contributed by atoms with van der Waals surface area (Å²) in [7, 11) is -4.77. The third-order valence-corrected chi connectivity index (χ3v) is 15.3. The van der Waals surface area contributed by atoms with E-state index in [4.69, 9.17) is 23.3 Å². The predicted molar refractivity (Wildman–Crippen MR) is 344 cm³/mol. The SMILES string of the molecule is CC/C=C\C/C=C\C/C=C\C/C=C\C/C=C\CCCC(=O)OC(CO)COP(=O)(O)OCC(COC(=O)CCCCCCCCCCCCCCCCCCCCC)OC(=O)CCCCCCCCCCC/C=C\C/C=C\CCCCC. The van der Waals surface area contributed by atoms with Gasteiger partial charge >= 0.3 is 25.7 Å². The maximum Gasteiger partial charge on any atom is 0.472 e. The van der Waals surface area contributed by atoms with E-state index in [-0.39, 0.29) is 25.9 Å². The average Bonchev–Trinajstić information content (AvgIpc) is 3.49. The topological polar surface area (TPSA) is 155 Å². The van der Waals surface area contributed by atoms with E-state index in [1.807, 2.05) is 12.2 Å². The molecule has 11 nitrogen and oxygen atoms in total.